The molecule has 0 spiro atoms. The standard InChI is InChI=1S/C10H16F3NO4/c1-3-6(2)8(9(16)17)14-7(15)4-18-5-10(11,12)13/h6,8H,3-5H2,1-2H3,(H,14,15)(H,16,17)/t6-,8-/m0/s1. The van der Waals surface area contributed by atoms with E-state index in [1.807, 2.05) is 0 Å². The van der Waals surface area contributed by atoms with Crippen LogP contribution >= 0.6 is 0 Å². The maximum atomic E-state index is 11.7. The highest BCUT2D eigenvalue weighted by molar-refractivity contribution is 5.84. The van der Waals surface area contributed by atoms with Crippen LogP contribution in [-0.2, 0) is 14.3 Å². The topological polar surface area (TPSA) is 75.6 Å². The molecule has 5 nitrogen and oxygen atoms in total. The second-order valence-corrected chi connectivity index (χ2v) is 3.88. The van der Waals surface area contributed by atoms with Crippen LogP contribution in [0.25, 0.3) is 0 Å². The van der Waals surface area contributed by atoms with Gasteiger partial charge in [0.1, 0.15) is 19.3 Å². The Labute approximate surface area is 102 Å². The molecule has 106 valence electrons. The van der Waals surface area contributed by atoms with Gasteiger partial charge in [-0.25, -0.2) is 4.79 Å². The Balaban J connectivity index is 4.15. The molecule has 0 aromatic rings. The number of carbonyl (C=O) groups is 2. The summed E-state index contributed by atoms with van der Waals surface area (Å²) in [4.78, 5) is 22.0. The smallest absolute Gasteiger partial charge is 0.411 e. The first-order valence-corrected chi connectivity index (χ1v) is 5.34. The Morgan fingerprint density at radius 2 is 1.94 bits per heavy atom. The summed E-state index contributed by atoms with van der Waals surface area (Å²) in [6.45, 7) is 1.00. The molecular formula is C10H16F3NO4. The van der Waals surface area contributed by atoms with Gasteiger partial charge in [-0.3, -0.25) is 4.79 Å². The molecule has 0 rings (SSSR count). The minimum absolute atomic E-state index is 0.325. The maximum absolute atomic E-state index is 11.7. The normalized spacial score (nSPS) is 14.9. The molecule has 2 atom stereocenters. The number of hydrogen-bond acceptors (Lipinski definition) is 3. The van der Waals surface area contributed by atoms with Gasteiger partial charge in [0.15, 0.2) is 0 Å². The lowest BCUT2D eigenvalue weighted by Gasteiger charge is -2.20. The van der Waals surface area contributed by atoms with Crippen molar-refractivity contribution in [2.75, 3.05) is 13.2 Å². The summed E-state index contributed by atoms with van der Waals surface area (Å²) in [5.74, 6) is -2.44. The molecule has 0 bridgehead atoms. The first-order valence-electron chi connectivity index (χ1n) is 5.34. The fourth-order valence-corrected chi connectivity index (χ4v) is 1.16. The highest BCUT2D eigenvalue weighted by atomic mass is 19.4. The Bertz CT molecular complexity index is 293. The average Bonchev–Trinajstić information content (AvgIpc) is 2.22. The van der Waals surface area contributed by atoms with Crippen LogP contribution in [0.3, 0.4) is 0 Å². The number of nitrogens with one attached hydrogen (secondary N) is 1. The zero-order valence-corrected chi connectivity index (χ0v) is 10.1. The van der Waals surface area contributed by atoms with Gasteiger partial charge in [-0.05, 0) is 5.92 Å². The Kier molecular flexibility index (Phi) is 6.67. The van der Waals surface area contributed by atoms with Gasteiger partial charge in [-0.2, -0.15) is 13.2 Å². The molecule has 0 aliphatic carbocycles. The largest absolute Gasteiger partial charge is 0.480 e. The van der Waals surface area contributed by atoms with Crippen molar-refractivity contribution in [3.05, 3.63) is 0 Å². The molecule has 0 saturated carbocycles. The van der Waals surface area contributed by atoms with Gasteiger partial charge >= 0.3 is 12.1 Å². The second-order valence-electron chi connectivity index (χ2n) is 3.88. The Morgan fingerprint density at radius 3 is 2.33 bits per heavy atom. The third kappa shape index (κ3) is 7.10. The van der Waals surface area contributed by atoms with E-state index in [1.165, 1.54) is 0 Å². The lowest BCUT2D eigenvalue weighted by molar-refractivity contribution is -0.176. The second kappa shape index (κ2) is 7.20. The SMILES string of the molecule is CC[C@H](C)[C@H](NC(=O)COCC(F)(F)F)C(=O)O. The number of halogens is 3. The average molecular weight is 271 g/mol. The van der Waals surface area contributed by atoms with Crippen LogP contribution in [0.15, 0.2) is 0 Å². The molecule has 2 N–H and O–H groups in total. The van der Waals surface area contributed by atoms with Crippen molar-refractivity contribution in [1.82, 2.24) is 5.32 Å². The molecular weight excluding hydrogens is 255 g/mol. The Hall–Kier alpha value is -1.31. The molecule has 0 aliphatic rings. The Morgan fingerprint density at radius 1 is 1.39 bits per heavy atom. The number of alkyl halides is 3. The number of ether oxygens (including phenoxy) is 1. The number of rotatable bonds is 7. The van der Waals surface area contributed by atoms with Gasteiger partial charge in [0.25, 0.3) is 0 Å². The maximum Gasteiger partial charge on any atom is 0.411 e. The summed E-state index contributed by atoms with van der Waals surface area (Å²) in [6, 6.07) is -1.13. The van der Waals surface area contributed by atoms with Crippen molar-refractivity contribution in [1.29, 1.82) is 0 Å². The molecule has 0 saturated heterocycles. The van der Waals surface area contributed by atoms with E-state index >= 15 is 0 Å². The van der Waals surface area contributed by atoms with Crippen molar-refractivity contribution in [3.8, 4) is 0 Å². The van der Waals surface area contributed by atoms with Gasteiger partial charge in [0.05, 0.1) is 0 Å². The molecule has 18 heavy (non-hydrogen) atoms. The van der Waals surface area contributed by atoms with E-state index in [4.69, 9.17) is 5.11 Å². The first kappa shape index (κ1) is 16.7. The summed E-state index contributed by atoms with van der Waals surface area (Å²) in [5, 5.41) is 11.0. The van der Waals surface area contributed by atoms with E-state index in [2.05, 4.69) is 10.1 Å². The van der Waals surface area contributed by atoms with E-state index in [0.717, 1.165) is 0 Å². The lowest BCUT2D eigenvalue weighted by Crippen LogP contribution is -2.46. The fourth-order valence-electron chi connectivity index (χ4n) is 1.16. The zero-order valence-electron chi connectivity index (χ0n) is 10.1. The number of carbonyl (C=O) groups excluding carboxylic acids is 1. The number of carboxylic acid groups (broad SMARTS) is 1. The predicted molar refractivity (Wildman–Crippen MR) is 55.9 cm³/mol. The highest BCUT2D eigenvalue weighted by Gasteiger charge is 2.29. The third-order valence-electron chi connectivity index (χ3n) is 2.29. The van der Waals surface area contributed by atoms with Gasteiger partial charge in [0, 0.05) is 0 Å². The highest BCUT2D eigenvalue weighted by Crippen LogP contribution is 2.14. The van der Waals surface area contributed by atoms with Gasteiger partial charge in [-0.15, -0.1) is 0 Å². The van der Waals surface area contributed by atoms with Crippen LogP contribution in [0.5, 0.6) is 0 Å². The molecule has 0 fully saturated rings. The molecule has 0 radical (unpaired) electrons. The van der Waals surface area contributed by atoms with Crippen LogP contribution in [0.1, 0.15) is 20.3 Å². The third-order valence-corrected chi connectivity index (χ3v) is 2.29. The number of aliphatic carboxylic acids is 1. The monoisotopic (exact) mass is 271 g/mol. The van der Waals surface area contributed by atoms with E-state index in [0.29, 0.717) is 6.42 Å². The minimum Gasteiger partial charge on any atom is -0.480 e. The summed E-state index contributed by atoms with van der Waals surface area (Å²) in [5.41, 5.74) is 0. The number of hydrogen-bond donors (Lipinski definition) is 2. The van der Waals surface area contributed by atoms with Crippen molar-refractivity contribution < 1.29 is 32.6 Å². The van der Waals surface area contributed by atoms with Crippen molar-refractivity contribution in [2.24, 2.45) is 5.92 Å². The van der Waals surface area contributed by atoms with Gasteiger partial charge < -0.3 is 15.2 Å². The minimum atomic E-state index is -4.51. The molecule has 0 heterocycles. The molecule has 0 unspecified atom stereocenters. The summed E-state index contributed by atoms with van der Waals surface area (Å²) >= 11 is 0. The van der Waals surface area contributed by atoms with E-state index < -0.39 is 37.3 Å². The summed E-state index contributed by atoms with van der Waals surface area (Å²) < 4.78 is 39.3. The van der Waals surface area contributed by atoms with Gasteiger partial charge in [0.2, 0.25) is 5.91 Å². The summed E-state index contributed by atoms with van der Waals surface area (Å²) in [6.07, 6.45) is -4.00. The van der Waals surface area contributed by atoms with E-state index in [1.54, 1.807) is 13.8 Å². The molecule has 0 aromatic heterocycles. The van der Waals surface area contributed by atoms with Crippen LogP contribution in [0.4, 0.5) is 13.2 Å². The fraction of sp³-hybridized carbons (Fsp3) is 0.800. The van der Waals surface area contributed by atoms with Gasteiger partial charge in [-0.1, -0.05) is 20.3 Å². The van der Waals surface area contributed by atoms with Crippen LogP contribution in [-0.4, -0.2) is 42.4 Å². The van der Waals surface area contributed by atoms with Crippen LogP contribution in [0.2, 0.25) is 0 Å². The van der Waals surface area contributed by atoms with Crippen molar-refractivity contribution >= 4 is 11.9 Å². The van der Waals surface area contributed by atoms with Crippen LogP contribution in [0, 0.1) is 5.92 Å². The molecule has 8 heteroatoms. The first-order chi connectivity index (χ1) is 8.17. The zero-order chi connectivity index (χ0) is 14.3. The predicted octanol–water partition coefficient (Wildman–Crippen LogP) is 1.18. The number of amides is 1. The quantitative estimate of drug-likeness (QED) is 0.729. The lowest BCUT2D eigenvalue weighted by atomic mass is 9.99. The summed E-state index contributed by atoms with van der Waals surface area (Å²) in [7, 11) is 0. The van der Waals surface area contributed by atoms with E-state index in [-0.39, 0.29) is 5.92 Å². The van der Waals surface area contributed by atoms with Crippen LogP contribution < -0.4 is 5.32 Å². The number of carboxylic acids is 1. The van der Waals surface area contributed by atoms with Crippen molar-refractivity contribution in [3.63, 3.8) is 0 Å². The molecule has 1 amide bonds. The molecule has 0 aromatic carbocycles. The molecule has 0 aliphatic heterocycles. The van der Waals surface area contributed by atoms with Crippen molar-refractivity contribution in [2.45, 2.75) is 32.5 Å². The van der Waals surface area contributed by atoms with E-state index in [9.17, 15) is 22.8 Å².